The molecule has 0 spiro atoms. The Balaban J connectivity index is 3.75. The van der Waals surface area contributed by atoms with Gasteiger partial charge >= 0.3 is 5.97 Å². The van der Waals surface area contributed by atoms with Crippen molar-refractivity contribution in [3.8, 4) is 0 Å². The van der Waals surface area contributed by atoms with E-state index in [0.29, 0.717) is 19.3 Å². The van der Waals surface area contributed by atoms with Crippen LogP contribution in [0.15, 0.2) is 12.7 Å². The zero-order chi connectivity index (χ0) is 10.3. The SMILES string of the molecule is C=CCC(CCCC(N)=O)C(=O)O. The van der Waals surface area contributed by atoms with E-state index >= 15 is 0 Å². The molecule has 0 aromatic carbocycles. The number of hydrogen-bond acceptors (Lipinski definition) is 2. The van der Waals surface area contributed by atoms with Crippen LogP contribution in [0.25, 0.3) is 0 Å². The van der Waals surface area contributed by atoms with Crippen LogP contribution in [-0.2, 0) is 9.59 Å². The van der Waals surface area contributed by atoms with Gasteiger partial charge in [-0.05, 0) is 19.3 Å². The summed E-state index contributed by atoms with van der Waals surface area (Å²) in [4.78, 5) is 21.0. The van der Waals surface area contributed by atoms with Gasteiger partial charge in [0, 0.05) is 6.42 Å². The second kappa shape index (κ2) is 6.22. The number of rotatable bonds is 7. The molecule has 0 saturated carbocycles. The molecule has 74 valence electrons. The minimum absolute atomic E-state index is 0.251. The molecule has 0 radical (unpaired) electrons. The average Bonchev–Trinajstić information content (AvgIpc) is 2.02. The van der Waals surface area contributed by atoms with Gasteiger partial charge in [-0.3, -0.25) is 9.59 Å². The number of aliphatic carboxylic acids is 1. The average molecular weight is 185 g/mol. The van der Waals surface area contributed by atoms with Crippen LogP contribution in [0.4, 0.5) is 0 Å². The highest BCUT2D eigenvalue weighted by atomic mass is 16.4. The van der Waals surface area contributed by atoms with Gasteiger partial charge < -0.3 is 10.8 Å². The summed E-state index contributed by atoms with van der Waals surface area (Å²) in [5, 5.41) is 8.71. The fraction of sp³-hybridized carbons (Fsp3) is 0.556. The van der Waals surface area contributed by atoms with Gasteiger partial charge in [-0.25, -0.2) is 0 Å². The Labute approximate surface area is 77.4 Å². The van der Waals surface area contributed by atoms with Gasteiger partial charge in [-0.15, -0.1) is 6.58 Å². The number of allylic oxidation sites excluding steroid dienone is 1. The largest absolute Gasteiger partial charge is 0.481 e. The summed E-state index contributed by atoms with van der Waals surface area (Å²) in [5.41, 5.74) is 4.92. The third kappa shape index (κ3) is 5.90. The van der Waals surface area contributed by atoms with Gasteiger partial charge in [0.05, 0.1) is 5.92 Å². The van der Waals surface area contributed by atoms with Gasteiger partial charge in [0.2, 0.25) is 5.91 Å². The van der Waals surface area contributed by atoms with Gasteiger partial charge in [-0.2, -0.15) is 0 Å². The lowest BCUT2D eigenvalue weighted by molar-refractivity contribution is -0.142. The molecule has 1 amide bonds. The minimum Gasteiger partial charge on any atom is -0.481 e. The first-order valence-corrected chi connectivity index (χ1v) is 4.20. The molecule has 0 aromatic heterocycles. The Hall–Kier alpha value is -1.32. The molecular formula is C9H15NO3. The quantitative estimate of drug-likeness (QED) is 0.579. The summed E-state index contributed by atoms with van der Waals surface area (Å²) >= 11 is 0. The number of nitrogens with two attached hydrogens (primary N) is 1. The van der Waals surface area contributed by atoms with Crippen LogP contribution in [-0.4, -0.2) is 17.0 Å². The van der Waals surface area contributed by atoms with Crippen molar-refractivity contribution in [1.29, 1.82) is 0 Å². The first kappa shape index (κ1) is 11.7. The highest BCUT2D eigenvalue weighted by Crippen LogP contribution is 2.13. The molecule has 0 aromatic rings. The molecule has 13 heavy (non-hydrogen) atoms. The molecule has 0 bridgehead atoms. The molecule has 0 aliphatic rings. The fourth-order valence-electron chi connectivity index (χ4n) is 1.07. The standard InChI is InChI=1S/C9H15NO3/c1-2-4-7(9(12)13)5-3-6-8(10)11/h2,7H,1,3-6H2,(H2,10,11)(H,12,13). The first-order valence-electron chi connectivity index (χ1n) is 4.20. The zero-order valence-corrected chi connectivity index (χ0v) is 7.53. The number of carboxylic acids is 1. The molecule has 0 saturated heterocycles. The number of primary amides is 1. The van der Waals surface area contributed by atoms with Crippen molar-refractivity contribution in [3.05, 3.63) is 12.7 Å². The second-order valence-corrected chi connectivity index (χ2v) is 2.92. The molecule has 0 fully saturated rings. The van der Waals surface area contributed by atoms with Crippen molar-refractivity contribution in [1.82, 2.24) is 0 Å². The summed E-state index contributed by atoms with van der Waals surface area (Å²) in [5.74, 6) is -1.66. The van der Waals surface area contributed by atoms with Gasteiger partial charge in [0.25, 0.3) is 0 Å². The van der Waals surface area contributed by atoms with Crippen molar-refractivity contribution in [2.24, 2.45) is 11.7 Å². The molecule has 0 heterocycles. The predicted octanol–water partition coefficient (Wildman–Crippen LogP) is 0.919. The van der Waals surface area contributed by atoms with Crippen molar-refractivity contribution >= 4 is 11.9 Å². The maximum Gasteiger partial charge on any atom is 0.306 e. The number of carbonyl (C=O) groups is 2. The Bertz CT molecular complexity index is 201. The summed E-state index contributed by atoms with van der Waals surface area (Å²) < 4.78 is 0. The van der Waals surface area contributed by atoms with Crippen molar-refractivity contribution in [2.45, 2.75) is 25.7 Å². The highest BCUT2D eigenvalue weighted by molar-refractivity contribution is 5.74. The fourth-order valence-corrected chi connectivity index (χ4v) is 1.07. The summed E-state index contributed by atoms with van der Waals surface area (Å²) in [6.07, 6.45) is 3.27. The zero-order valence-electron chi connectivity index (χ0n) is 7.53. The normalized spacial score (nSPS) is 12.0. The number of hydrogen-bond donors (Lipinski definition) is 2. The molecule has 0 aliphatic heterocycles. The van der Waals surface area contributed by atoms with Crippen LogP contribution in [0.1, 0.15) is 25.7 Å². The van der Waals surface area contributed by atoms with Crippen LogP contribution in [0.2, 0.25) is 0 Å². The monoisotopic (exact) mass is 185 g/mol. The van der Waals surface area contributed by atoms with E-state index < -0.39 is 11.9 Å². The maximum atomic E-state index is 10.6. The topological polar surface area (TPSA) is 80.4 Å². The molecule has 4 nitrogen and oxygen atoms in total. The van der Waals surface area contributed by atoms with Crippen molar-refractivity contribution in [3.63, 3.8) is 0 Å². The van der Waals surface area contributed by atoms with E-state index in [1.165, 1.54) is 0 Å². The molecule has 1 atom stereocenters. The van der Waals surface area contributed by atoms with Crippen LogP contribution < -0.4 is 5.73 Å². The molecule has 0 rings (SSSR count). The van der Waals surface area contributed by atoms with Crippen LogP contribution >= 0.6 is 0 Å². The number of carbonyl (C=O) groups excluding carboxylic acids is 1. The summed E-state index contributed by atoms with van der Waals surface area (Å²) in [7, 11) is 0. The molecule has 4 heteroatoms. The van der Waals surface area contributed by atoms with E-state index in [2.05, 4.69) is 6.58 Å². The number of carboxylic acid groups (broad SMARTS) is 1. The van der Waals surface area contributed by atoms with E-state index in [0.717, 1.165) is 0 Å². The molecule has 0 aliphatic carbocycles. The van der Waals surface area contributed by atoms with Crippen molar-refractivity contribution in [2.75, 3.05) is 0 Å². The lowest BCUT2D eigenvalue weighted by atomic mass is 9.98. The third-order valence-electron chi connectivity index (χ3n) is 1.78. The molecule has 3 N–H and O–H groups in total. The van der Waals surface area contributed by atoms with E-state index in [1.807, 2.05) is 0 Å². The summed E-state index contributed by atoms with van der Waals surface area (Å²) in [6, 6.07) is 0. The van der Waals surface area contributed by atoms with Gasteiger partial charge in [0.15, 0.2) is 0 Å². The first-order chi connectivity index (χ1) is 6.07. The lowest BCUT2D eigenvalue weighted by Gasteiger charge is -2.07. The predicted molar refractivity (Wildman–Crippen MR) is 49.0 cm³/mol. The third-order valence-corrected chi connectivity index (χ3v) is 1.78. The lowest BCUT2D eigenvalue weighted by Crippen LogP contribution is -2.15. The smallest absolute Gasteiger partial charge is 0.306 e. The van der Waals surface area contributed by atoms with Gasteiger partial charge in [-0.1, -0.05) is 6.08 Å². The Morgan fingerprint density at radius 3 is 2.54 bits per heavy atom. The van der Waals surface area contributed by atoms with Crippen molar-refractivity contribution < 1.29 is 14.7 Å². The van der Waals surface area contributed by atoms with Crippen LogP contribution in [0, 0.1) is 5.92 Å². The Kier molecular flexibility index (Phi) is 5.59. The van der Waals surface area contributed by atoms with E-state index in [4.69, 9.17) is 10.8 Å². The Morgan fingerprint density at radius 1 is 1.54 bits per heavy atom. The number of amides is 1. The van der Waals surface area contributed by atoms with E-state index in [9.17, 15) is 9.59 Å². The Morgan fingerprint density at radius 2 is 2.15 bits per heavy atom. The second-order valence-electron chi connectivity index (χ2n) is 2.92. The summed E-state index contributed by atoms with van der Waals surface area (Å²) in [6.45, 7) is 3.47. The van der Waals surface area contributed by atoms with Crippen LogP contribution in [0.3, 0.4) is 0 Å². The van der Waals surface area contributed by atoms with E-state index in [-0.39, 0.29) is 12.3 Å². The molecule has 1 unspecified atom stereocenters. The highest BCUT2D eigenvalue weighted by Gasteiger charge is 2.15. The molecular weight excluding hydrogens is 170 g/mol. The maximum absolute atomic E-state index is 10.6. The minimum atomic E-state index is -0.843. The van der Waals surface area contributed by atoms with E-state index in [1.54, 1.807) is 6.08 Å². The van der Waals surface area contributed by atoms with Crippen LogP contribution in [0.5, 0.6) is 0 Å². The van der Waals surface area contributed by atoms with Gasteiger partial charge in [0.1, 0.15) is 0 Å².